The summed E-state index contributed by atoms with van der Waals surface area (Å²) < 4.78 is 20.5. The van der Waals surface area contributed by atoms with Crippen molar-refractivity contribution in [3.63, 3.8) is 0 Å². The predicted octanol–water partition coefficient (Wildman–Crippen LogP) is 3.83. The first-order valence-electron chi connectivity index (χ1n) is 10.4. The van der Waals surface area contributed by atoms with E-state index in [0.29, 0.717) is 13.2 Å². The molecule has 0 unspecified atom stereocenters. The molecule has 0 bridgehead atoms. The predicted molar refractivity (Wildman–Crippen MR) is 129 cm³/mol. The van der Waals surface area contributed by atoms with Crippen LogP contribution in [0.5, 0.6) is 11.5 Å². The lowest BCUT2D eigenvalue weighted by molar-refractivity contribution is -0.671. The molecule has 0 saturated heterocycles. The van der Waals surface area contributed by atoms with Crippen LogP contribution in [-0.2, 0) is 27.2 Å². The molecule has 3 aromatic rings. The van der Waals surface area contributed by atoms with Crippen LogP contribution in [0.4, 0.5) is 0 Å². The molecule has 0 N–H and O–H groups in total. The molecule has 2 heterocycles. The highest BCUT2D eigenvalue weighted by atomic mass is 16.5. The summed E-state index contributed by atoms with van der Waals surface area (Å²) >= 11 is 0. The number of aryl methyl sites for hydroxylation is 5. The molecule has 0 spiro atoms. The van der Waals surface area contributed by atoms with Crippen molar-refractivity contribution in [3.8, 4) is 23.3 Å². The van der Waals surface area contributed by atoms with Gasteiger partial charge in [-0.05, 0) is 31.5 Å². The number of nitrogens with zero attached hydrogens (tertiary/aromatic N) is 4. The summed E-state index contributed by atoms with van der Waals surface area (Å²) in [7, 11) is 4.05. The molecular weight excluding hydrogens is 400 g/mol. The van der Waals surface area contributed by atoms with Gasteiger partial charge in [0.25, 0.3) is 0 Å². The van der Waals surface area contributed by atoms with Gasteiger partial charge in [0.15, 0.2) is 0 Å². The molecule has 0 saturated carbocycles. The lowest BCUT2D eigenvalue weighted by Crippen LogP contribution is -2.23. The van der Waals surface area contributed by atoms with Gasteiger partial charge in [-0.15, -0.1) is 5.92 Å². The summed E-state index contributed by atoms with van der Waals surface area (Å²) in [6.45, 7) is 7.06. The molecule has 2 aromatic heterocycles. The van der Waals surface area contributed by atoms with Crippen molar-refractivity contribution in [2.24, 2.45) is 14.1 Å². The fourth-order valence-electron chi connectivity index (χ4n) is 3.30. The van der Waals surface area contributed by atoms with Crippen LogP contribution in [0, 0.1) is 18.8 Å². The van der Waals surface area contributed by atoms with Crippen molar-refractivity contribution in [2.75, 3.05) is 13.2 Å². The van der Waals surface area contributed by atoms with Gasteiger partial charge in [0.1, 0.15) is 36.3 Å². The van der Waals surface area contributed by atoms with Crippen LogP contribution in [0.3, 0.4) is 0 Å². The second-order valence-corrected chi connectivity index (χ2v) is 7.53. The van der Waals surface area contributed by atoms with Gasteiger partial charge in [0, 0.05) is 12.8 Å². The van der Waals surface area contributed by atoms with Crippen molar-refractivity contribution >= 4 is 0 Å². The largest absolute Gasteiger partial charge is 0.493 e. The van der Waals surface area contributed by atoms with Crippen molar-refractivity contribution in [3.05, 3.63) is 60.7 Å². The highest BCUT2D eigenvalue weighted by Gasteiger charge is 2.10. The van der Waals surface area contributed by atoms with Crippen LogP contribution in [0.1, 0.15) is 45.7 Å². The average Bonchev–Trinajstić information content (AvgIpc) is 3.33. The molecule has 0 atom stereocenters. The fourth-order valence-corrected chi connectivity index (χ4v) is 3.30. The van der Waals surface area contributed by atoms with E-state index in [-0.39, 0.29) is 14.9 Å². The van der Waals surface area contributed by atoms with Gasteiger partial charge in [-0.25, -0.2) is 18.3 Å². The summed E-state index contributed by atoms with van der Waals surface area (Å²) in [5, 5.41) is 0. The Morgan fingerprint density at radius 2 is 1.38 bits per heavy atom. The van der Waals surface area contributed by atoms with E-state index in [9.17, 15) is 0 Å². The van der Waals surface area contributed by atoms with E-state index < -0.39 is 0 Å². The maximum Gasteiger partial charge on any atom is 0.243 e. The van der Waals surface area contributed by atoms with E-state index in [1.165, 1.54) is 0 Å². The normalized spacial score (nSPS) is 9.88. The van der Waals surface area contributed by atoms with Crippen LogP contribution in [0.2, 0.25) is 0 Å². The second-order valence-electron chi connectivity index (χ2n) is 7.53. The number of rotatable bonds is 10. The van der Waals surface area contributed by atoms with E-state index in [1.54, 1.807) is 0 Å². The first-order chi connectivity index (χ1) is 14.5. The molecule has 0 fully saturated rings. The quantitative estimate of drug-likeness (QED) is 0.273. The smallest absolute Gasteiger partial charge is 0.243 e. The van der Waals surface area contributed by atoms with Gasteiger partial charge in [0.05, 0.1) is 46.0 Å². The highest BCUT2D eigenvalue weighted by Crippen LogP contribution is 2.28. The van der Waals surface area contributed by atoms with Gasteiger partial charge in [-0.3, -0.25) is 0 Å². The van der Waals surface area contributed by atoms with Gasteiger partial charge < -0.3 is 9.47 Å². The van der Waals surface area contributed by atoms with Crippen molar-refractivity contribution in [1.29, 1.82) is 0 Å². The van der Waals surface area contributed by atoms with Crippen molar-refractivity contribution < 1.29 is 18.6 Å². The first-order valence-corrected chi connectivity index (χ1v) is 10.4. The summed E-state index contributed by atoms with van der Waals surface area (Å²) in [6.07, 6.45) is 14.2. The number of aromatic nitrogens is 4. The van der Waals surface area contributed by atoms with E-state index in [4.69, 9.17) is 9.47 Å². The van der Waals surface area contributed by atoms with Crippen LogP contribution in [-0.4, -0.2) is 22.3 Å². The minimum absolute atomic E-state index is 0. The Labute approximate surface area is 194 Å². The molecule has 6 heteroatoms. The van der Waals surface area contributed by atoms with E-state index in [0.717, 1.165) is 48.6 Å². The van der Waals surface area contributed by atoms with Crippen LogP contribution in [0.25, 0.3) is 0 Å². The third-order valence-electron chi connectivity index (χ3n) is 4.82. The number of benzene rings is 1. The number of hydrogen-bond donors (Lipinski definition) is 0. The zero-order valence-electron chi connectivity index (χ0n) is 18.5. The summed E-state index contributed by atoms with van der Waals surface area (Å²) in [5.41, 5.74) is 1.94. The second kappa shape index (κ2) is 13.3. The van der Waals surface area contributed by atoms with Crippen molar-refractivity contribution in [2.45, 2.75) is 54.6 Å². The van der Waals surface area contributed by atoms with E-state index >= 15 is 0 Å². The average molecular weight is 441 g/mol. The summed E-state index contributed by atoms with van der Waals surface area (Å²) in [6, 6.07) is 4.04. The maximum atomic E-state index is 6.06. The maximum absolute atomic E-state index is 6.06. The van der Waals surface area contributed by atoms with Crippen LogP contribution < -0.4 is 18.6 Å². The zero-order valence-corrected chi connectivity index (χ0v) is 18.5. The SMILES string of the molecule is C.C.CC#Cc1cc(OCCCn2cc[n+](C)c2)c(C)cc1OCCCn1cc[n+](C)c1. The molecule has 1 aromatic carbocycles. The Hall–Kier alpha value is -3.20. The monoisotopic (exact) mass is 440 g/mol. The van der Waals surface area contributed by atoms with Gasteiger partial charge >= 0.3 is 0 Å². The lowest BCUT2D eigenvalue weighted by Gasteiger charge is -2.13. The van der Waals surface area contributed by atoms with Crippen LogP contribution >= 0.6 is 0 Å². The van der Waals surface area contributed by atoms with E-state index in [1.807, 2.05) is 54.7 Å². The molecule has 174 valence electrons. The van der Waals surface area contributed by atoms with Crippen LogP contribution in [0.15, 0.2) is 49.6 Å². The number of imidazole rings is 2. The Morgan fingerprint density at radius 1 is 0.844 bits per heavy atom. The number of hydrogen-bond acceptors (Lipinski definition) is 2. The molecule has 0 aliphatic carbocycles. The highest BCUT2D eigenvalue weighted by molar-refractivity contribution is 5.53. The number of ether oxygens (including phenoxy) is 2. The Morgan fingerprint density at radius 3 is 1.84 bits per heavy atom. The first kappa shape index (κ1) is 26.8. The zero-order chi connectivity index (χ0) is 21.3. The standard InChI is InChI=1S/C24H32N4O2.2CH4/c1-5-8-22-18-23(29-15-6-9-27-13-11-25(3)19-27)21(2)17-24(22)30-16-7-10-28-14-12-26(4)20-28;;/h11-14,17-20H,6-7,9-10,15-16H2,1-4H3;2*1H4/q+2;;. The Balaban J connectivity index is 0.00000256. The third kappa shape index (κ3) is 7.81. The Kier molecular flexibility index (Phi) is 11.1. The van der Waals surface area contributed by atoms with Gasteiger partial charge in [-0.1, -0.05) is 20.8 Å². The fraction of sp³-hybridized carbons (Fsp3) is 0.462. The van der Waals surface area contributed by atoms with E-state index in [2.05, 4.69) is 52.9 Å². The summed E-state index contributed by atoms with van der Waals surface area (Å²) in [4.78, 5) is 0. The minimum atomic E-state index is 0. The third-order valence-corrected chi connectivity index (χ3v) is 4.82. The molecule has 0 aliphatic heterocycles. The minimum Gasteiger partial charge on any atom is -0.493 e. The van der Waals surface area contributed by atoms with Crippen molar-refractivity contribution in [1.82, 2.24) is 9.13 Å². The summed E-state index contributed by atoms with van der Waals surface area (Å²) in [5.74, 6) is 7.84. The van der Waals surface area contributed by atoms with Gasteiger partial charge in [0.2, 0.25) is 12.7 Å². The molecule has 3 rings (SSSR count). The lowest BCUT2D eigenvalue weighted by atomic mass is 10.1. The molecule has 0 radical (unpaired) electrons. The molecular formula is C26H40N4O2+2. The molecule has 32 heavy (non-hydrogen) atoms. The Bertz CT molecular complexity index is 1020. The molecule has 6 nitrogen and oxygen atoms in total. The molecule has 0 amide bonds. The molecule has 0 aliphatic rings. The van der Waals surface area contributed by atoms with Gasteiger partial charge in [-0.2, -0.15) is 0 Å². The topological polar surface area (TPSA) is 36.1 Å².